The Morgan fingerprint density at radius 1 is 1.24 bits per heavy atom. The first kappa shape index (κ1) is 10.9. The molecule has 0 spiro atoms. The number of benzene rings is 1. The van der Waals surface area contributed by atoms with Crippen LogP contribution >= 0.6 is 0 Å². The number of aromatic nitrogens is 1. The van der Waals surface area contributed by atoms with Crippen molar-refractivity contribution in [3.63, 3.8) is 0 Å². The third-order valence-electron chi connectivity index (χ3n) is 2.40. The van der Waals surface area contributed by atoms with Crippen molar-refractivity contribution in [1.29, 1.82) is 0 Å². The van der Waals surface area contributed by atoms with E-state index < -0.39 is 5.91 Å². The Hall–Kier alpha value is -2.60. The van der Waals surface area contributed by atoms with E-state index in [1.165, 1.54) is 0 Å². The van der Waals surface area contributed by atoms with Gasteiger partial charge in [0.1, 0.15) is 0 Å². The number of pyridine rings is 1. The van der Waals surface area contributed by atoms with Gasteiger partial charge in [-0.3, -0.25) is 9.78 Å². The van der Waals surface area contributed by atoms with Crippen LogP contribution < -0.4 is 5.73 Å². The van der Waals surface area contributed by atoms with Crippen molar-refractivity contribution in [2.75, 3.05) is 0 Å². The first-order valence-electron chi connectivity index (χ1n) is 5.05. The molecule has 82 valence electrons. The normalized spacial score (nSPS) is 9.59. The third-order valence-corrected chi connectivity index (χ3v) is 2.40. The molecule has 0 atom stereocenters. The van der Waals surface area contributed by atoms with Crippen LogP contribution in [0.5, 0.6) is 0 Å². The fourth-order valence-corrected chi connectivity index (χ4v) is 1.65. The SMILES string of the molecule is C#Cc1ccnc(-c2ccccc2)c1C(N)=O. The first-order valence-corrected chi connectivity index (χ1v) is 5.05. The molecule has 2 rings (SSSR count). The minimum Gasteiger partial charge on any atom is -0.365 e. The second-order valence-corrected chi connectivity index (χ2v) is 3.46. The summed E-state index contributed by atoms with van der Waals surface area (Å²) in [5.41, 5.74) is 7.45. The number of rotatable bonds is 2. The molecule has 1 heterocycles. The van der Waals surface area contributed by atoms with E-state index in [2.05, 4.69) is 10.9 Å². The zero-order valence-corrected chi connectivity index (χ0v) is 9.05. The maximum Gasteiger partial charge on any atom is 0.252 e. The van der Waals surface area contributed by atoms with Crippen molar-refractivity contribution < 1.29 is 4.79 Å². The second kappa shape index (κ2) is 4.50. The highest BCUT2D eigenvalue weighted by Gasteiger charge is 2.14. The van der Waals surface area contributed by atoms with Crippen LogP contribution in [-0.4, -0.2) is 10.9 Å². The molecule has 1 aromatic heterocycles. The largest absolute Gasteiger partial charge is 0.365 e. The minimum atomic E-state index is -0.565. The van der Waals surface area contributed by atoms with Crippen molar-refractivity contribution in [1.82, 2.24) is 4.98 Å². The van der Waals surface area contributed by atoms with Gasteiger partial charge >= 0.3 is 0 Å². The van der Waals surface area contributed by atoms with Gasteiger partial charge < -0.3 is 5.73 Å². The molecule has 3 heteroatoms. The van der Waals surface area contributed by atoms with Crippen molar-refractivity contribution in [2.45, 2.75) is 0 Å². The van der Waals surface area contributed by atoms with E-state index in [0.717, 1.165) is 5.56 Å². The molecule has 0 aliphatic rings. The van der Waals surface area contributed by atoms with Crippen LogP contribution in [0.3, 0.4) is 0 Å². The average Bonchev–Trinajstić information content (AvgIpc) is 2.38. The molecule has 1 aromatic carbocycles. The Morgan fingerprint density at radius 2 is 1.94 bits per heavy atom. The molecule has 1 amide bonds. The molecule has 0 saturated carbocycles. The predicted octanol–water partition coefficient (Wildman–Crippen LogP) is 1.83. The number of primary amides is 1. The molecule has 0 bridgehead atoms. The molecule has 0 aliphatic carbocycles. The second-order valence-electron chi connectivity index (χ2n) is 3.46. The topological polar surface area (TPSA) is 56.0 Å². The van der Waals surface area contributed by atoms with Gasteiger partial charge in [0.05, 0.1) is 11.3 Å². The molecule has 0 aliphatic heterocycles. The lowest BCUT2D eigenvalue weighted by Gasteiger charge is -2.07. The highest BCUT2D eigenvalue weighted by Crippen LogP contribution is 2.22. The lowest BCUT2D eigenvalue weighted by molar-refractivity contribution is 0.100. The van der Waals surface area contributed by atoms with Crippen LogP contribution in [0.15, 0.2) is 42.6 Å². The molecule has 17 heavy (non-hydrogen) atoms. The highest BCUT2D eigenvalue weighted by atomic mass is 16.1. The van der Waals surface area contributed by atoms with Crippen molar-refractivity contribution in [2.24, 2.45) is 5.73 Å². The van der Waals surface area contributed by atoms with Gasteiger partial charge in [-0.05, 0) is 6.07 Å². The Kier molecular flexibility index (Phi) is 2.89. The van der Waals surface area contributed by atoms with Gasteiger partial charge in [-0.15, -0.1) is 6.42 Å². The lowest BCUT2D eigenvalue weighted by Crippen LogP contribution is -2.15. The monoisotopic (exact) mass is 222 g/mol. The van der Waals surface area contributed by atoms with Crippen LogP contribution in [0.1, 0.15) is 15.9 Å². The first-order chi connectivity index (χ1) is 8.24. The number of amides is 1. The number of hydrogen-bond acceptors (Lipinski definition) is 2. The Labute approximate surface area is 99.3 Å². The number of carbonyl (C=O) groups excluding carboxylic acids is 1. The number of nitrogens with zero attached hydrogens (tertiary/aromatic N) is 1. The van der Waals surface area contributed by atoms with Crippen molar-refractivity contribution in [3.05, 3.63) is 53.7 Å². The maximum atomic E-state index is 11.5. The molecule has 3 nitrogen and oxygen atoms in total. The third kappa shape index (κ3) is 2.01. The Morgan fingerprint density at radius 3 is 2.53 bits per heavy atom. The highest BCUT2D eigenvalue weighted by molar-refractivity contribution is 6.01. The number of terminal acetylenes is 1. The van der Waals surface area contributed by atoms with Crippen LogP contribution in [0.2, 0.25) is 0 Å². The summed E-state index contributed by atoms with van der Waals surface area (Å²) in [4.78, 5) is 15.6. The summed E-state index contributed by atoms with van der Waals surface area (Å²) >= 11 is 0. The van der Waals surface area contributed by atoms with E-state index in [4.69, 9.17) is 12.2 Å². The Balaban J connectivity index is 2.71. The van der Waals surface area contributed by atoms with Crippen LogP contribution in [0.25, 0.3) is 11.3 Å². The zero-order chi connectivity index (χ0) is 12.3. The molecular weight excluding hydrogens is 212 g/mol. The smallest absolute Gasteiger partial charge is 0.252 e. The molecule has 2 N–H and O–H groups in total. The van der Waals surface area contributed by atoms with E-state index in [9.17, 15) is 4.79 Å². The molecule has 2 aromatic rings. The predicted molar refractivity (Wildman–Crippen MR) is 66.1 cm³/mol. The summed E-state index contributed by atoms with van der Waals surface area (Å²) in [7, 11) is 0. The summed E-state index contributed by atoms with van der Waals surface area (Å²) in [5.74, 6) is 1.88. The number of hydrogen-bond donors (Lipinski definition) is 1. The molecule has 0 unspecified atom stereocenters. The van der Waals surface area contributed by atoms with Crippen LogP contribution in [0, 0.1) is 12.3 Å². The molecular formula is C14H10N2O. The van der Waals surface area contributed by atoms with Gasteiger partial charge in [0.2, 0.25) is 0 Å². The van der Waals surface area contributed by atoms with E-state index in [1.807, 2.05) is 30.3 Å². The number of nitrogens with two attached hydrogens (primary N) is 1. The fourth-order valence-electron chi connectivity index (χ4n) is 1.65. The average molecular weight is 222 g/mol. The molecule has 0 saturated heterocycles. The van der Waals surface area contributed by atoms with Gasteiger partial charge in [0.15, 0.2) is 0 Å². The summed E-state index contributed by atoms with van der Waals surface area (Å²) in [6.45, 7) is 0. The van der Waals surface area contributed by atoms with E-state index >= 15 is 0 Å². The van der Waals surface area contributed by atoms with Gasteiger partial charge in [-0.25, -0.2) is 0 Å². The van der Waals surface area contributed by atoms with E-state index in [1.54, 1.807) is 12.3 Å². The molecule has 0 fully saturated rings. The van der Waals surface area contributed by atoms with Crippen molar-refractivity contribution >= 4 is 5.91 Å². The summed E-state index contributed by atoms with van der Waals surface area (Å²) in [5, 5.41) is 0. The van der Waals surface area contributed by atoms with E-state index in [0.29, 0.717) is 16.8 Å². The van der Waals surface area contributed by atoms with Crippen molar-refractivity contribution in [3.8, 4) is 23.6 Å². The quantitative estimate of drug-likeness (QED) is 0.788. The summed E-state index contributed by atoms with van der Waals surface area (Å²) in [6.07, 6.45) is 6.92. The minimum absolute atomic E-state index is 0.293. The standard InChI is InChI=1S/C14H10N2O/c1-2-10-8-9-16-13(12(10)14(15)17)11-6-4-3-5-7-11/h1,3-9H,(H2,15,17). The van der Waals surface area contributed by atoms with Gasteiger partial charge in [0.25, 0.3) is 5.91 Å². The van der Waals surface area contributed by atoms with Crippen LogP contribution in [0.4, 0.5) is 0 Å². The summed E-state index contributed by atoms with van der Waals surface area (Å²) < 4.78 is 0. The molecule has 0 radical (unpaired) electrons. The van der Waals surface area contributed by atoms with Gasteiger partial charge in [-0.1, -0.05) is 36.3 Å². The number of carbonyl (C=O) groups is 1. The van der Waals surface area contributed by atoms with Gasteiger partial charge in [-0.2, -0.15) is 0 Å². The van der Waals surface area contributed by atoms with E-state index in [-0.39, 0.29) is 0 Å². The van der Waals surface area contributed by atoms with Crippen LogP contribution in [-0.2, 0) is 0 Å². The lowest BCUT2D eigenvalue weighted by atomic mass is 10.0. The van der Waals surface area contributed by atoms with Gasteiger partial charge in [0, 0.05) is 17.3 Å². The maximum absolute atomic E-state index is 11.5. The zero-order valence-electron chi connectivity index (χ0n) is 9.05. The Bertz CT molecular complexity index is 597. The summed E-state index contributed by atoms with van der Waals surface area (Å²) in [6, 6.07) is 10.9. The fraction of sp³-hybridized carbons (Fsp3) is 0.